The number of nitriles is 1. The molecule has 0 aliphatic rings. The van der Waals surface area contributed by atoms with E-state index in [1.807, 2.05) is 57.7 Å². The first-order valence-corrected chi connectivity index (χ1v) is 8.11. The van der Waals surface area contributed by atoms with Crippen molar-refractivity contribution in [2.45, 2.75) is 0 Å². The highest BCUT2D eigenvalue weighted by atomic mass is 127. The number of benzene rings is 3. The molecule has 0 saturated carbocycles. The van der Waals surface area contributed by atoms with Crippen molar-refractivity contribution in [3.63, 3.8) is 0 Å². The summed E-state index contributed by atoms with van der Waals surface area (Å²) in [6, 6.07) is 23.9. The molecule has 4 heteroatoms. The molecule has 110 valence electrons. The van der Waals surface area contributed by atoms with E-state index in [2.05, 4.69) is 41.1 Å². The Balaban J connectivity index is 1.89. The van der Waals surface area contributed by atoms with Crippen molar-refractivity contribution in [2.24, 2.45) is 0 Å². The zero-order chi connectivity index (χ0) is 15.8. The van der Waals surface area contributed by atoms with Crippen LogP contribution in [0.4, 0.5) is 11.4 Å². The lowest BCUT2D eigenvalue weighted by Gasteiger charge is -2.16. The van der Waals surface area contributed by atoms with Gasteiger partial charge in [0.05, 0.1) is 45.9 Å². The zero-order valence-electron chi connectivity index (χ0n) is 12.0. The average molecular weight is 410 g/mol. The first-order valence-electron chi connectivity index (χ1n) is 7.14. The summed E-state index contributed by atoms with van der Waals surface area (Å²) in [4.78, 5) is 0. The fourth-order valence-corrected chi connectivity index (χ4v) is 3.39. The van der Waals surface area contributed by atoms with E-state index < -0.39 is 0 Å². The Hall–Kier alpha value is -2.52. The lowest BCUT2D eigenvalue weighted by molar-refractivity contribution is 0.670. The Kier molecular flexibility index (Phi) is 3.43. The molecule has 0 atom stereocenters. The van der Waals surface area contributed by atoms with Crippen molar-refractivity contribution >= 4 is 56.2 Å². The van der Waals surface area contributed by atoms with E-state index in [0.717, 1.165) is 33.3 Å². The second-order valence-electron chi connectivity index (χ2n) is 5.19. The Morgan fingerprint density at radius 1 is 0.870 bits per heavy atom. The summed E-state index contributed by atoms with van der Waals surface area (Å²) in [6.07, 6.45) is 0. The summed E-state index contributed by atoms with van der Waals surface area (Å²) in [5, 5.41) is 11.2. The van der Waals surface area contributed by atoms with Gasteiger partial charge in [0.1, 0.15) is 5.58 Å². The van der Waals surface area contributed by atoms with Crippen molar-refractivity contribution in [1.29, 1.82) is 5.26 Å². The monoisotopic (exact) mass is 410 g/mol. The number of furan rings is 1. The van der Waals surface area contributed by atoms with Gasteiger partial charge in [0.2, 0.25) is 0 Å². The molecule has 0 unspecified atom stereocenters. The van der Waals surface area contributed by atoms with Crippen LogP contribution in [0, 0.1) is 11.3 Å². The SMILES string of the molecule is N#Cc1ccc(N(I)c2cccc3c2oc2ccccc23)cc1. The van der Waals surface area contributed by atoms with Crippen LogP contribution in [0.1, 0.15) is 5.56 Å². The van der Waals surface area contributed by atoms with Crippen LogP contribution in [0.25, 0.3) is 21.9 Å². The summed E-state index contributed by atoms with van der Waals surface area (Å²) in [5.41, 5.74) is 4.40. The minimum atomic E-state index is 0.653. The molecule has 1 heterocycles. The van der Waals surface area contributed by atoms with Crippen molar-refractivity contribution in [2.75, 3.05) is 3.11 Å². The number of fused-ring (bicyclic) bond motifs is 3. The van der Waals surface area contributed by atoms with Crippen LogP contribution >= 0.6 is 22.9 Å². The van der Waals surface area contributed by atoms with E-state index in [9.17, 15) is 0 Å². The Morgan fingerprint density at radius 2 is 1.61 bits per heavy atom. The van der Waals surface area contributed by atoms with Crippen molar-refractivity contribution in [3.05, 3.63) is 72.3 Å². The van der Waals surface area contributed by atoms with E-state index >= 15 is 0 Å². The number of anilines is 2. The molecule has 4 aromatic rings. The molecule has 0 fully saturated rings. The first kappa shape index (κ1) is 14.1. The number of hydrogen-bond donors (Lipinski definition) is 0. The zero-order valence-corrected chi connectivity index (χ0v) is 14.2. The number of hydrogen-bond acceptors (Lipinski definition) is 3. The van der Waals surface area contributed by atoms with E-state index in [0.29, 0.717) is 5.56 Å². The summed E-state index contributed by atoms with van der Waals surface area (Å²) in [5.74, 6) is 0. The minimum absolute atomic E-state index is 0.653. The summed E-state index contributed by atoms with van der Waals surface area (Å²) >= 11 is 2.26. The third-order valence-electron chi connectivity index (χ3n) is 3.82. The van der Waals surface area contributed by atoms with Crippen LogP contribution in [-0.2, 0) is 0 Å². The molecule has 0 N–H and O–H groups in total. The van der Waals surface area contributed by atoms with Crippen LogP contribution in [0.5, 0.6) is 0 Å². The average Bonchev–Trinajstić information content (AvgIpc) is 3.00. The number of halogens is 1. The molecule has 3 aromatic carbocycles. The first-order chi connectivity index (χ1) is 11.3. The molecule has 0 aliphatic carbocycles. The molecular weight excluding hydrogens is 399 g/mol. The fourth-order valence-electron chi connectivity index (χ4n) is 2.69. The maximum Gasteiger partial charge on any atom is 0.159 e. The predicted octanol–water partition coefficient (Wildman–Crippen LogP) is 5.95. The van der Waals surface area contributed by atoms with Gasteiger partial charge < -0.3 is 4.42 Å². The Bertz CT molecular complexity index is 1040. The van der Waals surface area contributed by atoms with Gasteiger partial charge in [-0.15, -0.1) is 0 Å². The van der Waals surface area contributed by atoms with E-state index in [1.165, 1.54) is 0 Å². The molecule has 3 nitrogen and oxygen atoms in total. The smallest absolute Gasteiger partial charge is 0.159 e. The van der Waals surface area contributed by atoms with Crippen LogP contribution in [0.15, 0.2) is 71.1 Å². The summed E-state index contributed by atoms with van der Waals surface area (Å²) in [7, 11) is 0. The lowest BCUT2D eigenvalue weighted by Crippen LogP contribution is -2.00. The van der Waals surface area contributed by atoms with E-state index in [1.54, 1.807) is 0 Å². The normalized spacial score (nSPS) is 10.8. The predicted molar refractivity (Wildman–Crippen MR) is 101 cm³/mol. The van der Waals surface area contributed by atoms with Crippen LogP contribution < -0.4 is 3.11 Å². The maximum absolute atomic E-state index is 8.93. The van der Waals surface area contributed by atoms with E-state index in [-0.39, 0.29) is 0 Å². The molecule has 23 heavy (non-hydrogen) atoms. The highest BCUT2D eigenvalue weighted by Gasteiger charge is 2.15. The van der Waals surface area contributed by atoms with Gasteiger partial charge in [0.25, 0.3) is 0 Å². The Labute approximate surface area is 147 Å². The number of rotatable bonds is 2. The molecular formula is C19H11IN2O. The molecule has 0 aliphatic heterocycles. The standard InChI is InChI=1S/C19H11IN2O/c20-22(14-10-8-13(12-21)9-11-14)17-6-3-5-16-15-4-1-2-7-18(15)23-19(16)17/h1-11H. The summed E-state index contributed by atoms with van der Waals surface area (Å²) < 4.78 is 8.12. The third-order valence-corrected chi connectivity index (χ3v) is 4.89. The number of para-hydroxylation sites is 2. The maximum atomic E-state index is 8.93. The van der Waals surface area contributed by atoms with Gasteiger partial charge in [-0.25, -0.2) is 0 Å². The van der Waals surface area contributed by atoms with Crippen molar-refractivity contribution in [1.82, 2.24) is 0 Å². The fraction of sp³-hybridized carbons (Fsp3) is 0. The van der Waals surface area contributed by atoms with Gasteiger partial charge in [0.15, 0.2) is 5.58 Å². The van der Waals surface area contributed by atoms with Crippen molar-refractivity contribution in [3.8, 4) is 6.07 Å². The number of nitrogens with zero attached hydrogens (tertiary/aromatic N) is 2. The van der Waals surface area contributed by atoms with Gasteiger partial charge in [-0.05, 0) is 36.4 Å². The van der Waals surface area contributed by atoms with Gasteiger partial charge in [-0.3, -0.25) is 3.11 Å². The highest BCUT2D eigenvalue weighted by molar-refractivity contribution is 14.1. The molecule has 0 radical (unpaired) electrons. The van der Waals surface area contributed by atoms with Crippen molar-refractivity contribution < 1.29 is 4.42 Å². The molecule has 0 amide bonds. The Morgan fingerprint density at radius 3 is 2.39 bits per heavy atom. The van der Waals surface area contributed by atoms with Gasteiger partial charge in [-0.1, -0.05) is 30.3 Å². The van der Waals surface area contributed by atoms with Crippen LogP contribution in [0.3, 0.4) is 0 Å². The molecule has 1 aromatic heterocycles. The summed E-state index contributed by atoms with van der Waals surface area (Å²) in [6.45, 7) is 0. The largest absolute Gasteiger partial charge is 0.454 e. The second kappa shape index (κ2) is 5.60. The molecule has 0 spiro atoms. The highest BCUT2D eigenvalue weighted by Crippen LogP contribution is 2.39. The molecule has 4 rings (SSSR count). The molecule has 0 saturated heterocycles. The lowest BCUT2D eigenvalue weighted by atomic mass is 10.1. The second-order valence-corrected chi connectivity index (χ2v) is 6.16. The van der Waals surface area contributed by atoms with Crippen LogP contribution in [-0.4, -0.2) is 0 Å². The topological polar surface area (TPSA) is 40.2 Å². The minimum Gasteiger partial charge on any atom is -0.454 e. The van der Waals surface area contributed by atoms with E-state index in [4.69, 9.17) is 9.68 Å². The third kappa shape index (κ3) is 2.34. The quantitative estimate of drug-likeness (QED) is 0.303. The molecule has 0 bridgehead atoms. The van der Waals surface area contributed by atoms with Crippen LogP contribution in [0.2, 0.25) is 0 Å². The van der Waals surface area contributed by atoms with Gasteiger partial charge in [0, 0.05) is 10.8 Å². The van der Waals surface area contributed by atoms with Gasteiger partial charge >= 0.3 is 0 Å². The van der Waals surface area contributed by atoms with Gasteiger partial charge in [-0.2, -0.15) is 5.26 Å².